The molecule has 5 N–H and O–H groups in total. The van der Waals surface area contributed by atoms with Crippen LogP contribution in [0.25, 0.3) is 0 Å². The third-order valence-electron chi connectivity index (χ3n) is 1.02. The molecular formula is C5H14NO5P. The molecule has 0 heterocycles. The van der Waals surface area contributed by atoms with Gasteiger partial charge < -0.3 is 25.6 Å². The van der Waals surface area contributed by atoms with E-state index in [1.807, 2.05) is 0 Å². The first-order chi connectivity index (χ1) is 5.56. The van der Waals surface area contributed by atoms with Gasteiger partial charge in [0.25, 0.3) is 0 Å². The van der Waals surface area contributed by atoms with E-state index in [4.69, 9.17) is 21.1 Å². The fraction of sp³-hybridized carbons (Fsp3) is 1.00. The first kappa shape index (κ1) is 12.0. The second kappa shape index (κ2) is 6.54. The van der Waals surface area contributed by atoms with E-state index in [1.54, 1.807) is 0 Å². The van der Waals surface area contributed by atoms with Gasteiger partial charge in [-0.2, -0.15) is 0 Å². The fourth-order valence-electron chi connectivity index (χ4n) is 0.472. The minimum atomic E-state index is -2.39. The molecule has 0 saturated heterocycles. The van der Waals surface area contributed by atoms with Crippen molar-refractivity contribution in [3.05, 3.63) is 0 Å². The molecule has 0 amide bonds. The number of hydrogen-bond acceptors (Lipinski definition) is 6. The van der Waals surface area contributed by atoms with Crippen molar-refractivity contribution in [2.75, 3.05) is 19.4 Å². The van der Waals surface area contributed by atoms with Crippen molar-refractivity contribution in [2.24, 2.45) is 5.73 Å². The summed E-state index contributed by atoms with van der Waals surface area (Å²) in [4.78, 5) is 0. The van der Waals surface area contributed by atoms with Crippen LogP contribution in [0.2, 0.25) is 0 Å². The van der Waals surface area contributed by atoms with Crippen LogP contribution in [0.5, 0.6) is 0 Å². The lowest BCUT2D eigenvalue weighted by molar-refractivity contribution is 0.0556. The largest absolute Gasteiger partial charge is 0.394 e. The first-order valence-electron chi connectivity index (χ1n) is 3.44. The maximum atomic E-state index is 10.8. The van der Waals surface area contributed by atoms with Gasteiger partial charge in [-0.25, -0.2) is 0 Å². The van der Waals surface area contributed by atoms with Gasteiger partial charge in [-0.3, -0.25) is 4.57 Å². The van der Waals surface area contributed by atoms with Crippen LogP contribution in [0.15, 0.2) is 0 Å². The van der Waals surface area contributed by atoms with Crippen LogP contribution in [0.3, 0.4) is 0 Å². The lowest BCUT2D eigenvalue weighted by Gasteiger charge is -2.08. The van der Waals surface area contributed by atoms with E-state index in [-0.39, 0.29) is 12.8 Å². The van der Waals surface area contributed by atoms with Gasteiger partial charge >= 0.3 is 0 Å². The molecule has 12 heavy (non-hydrogen) atoms. The van der Waals surface area contributed by atoms with Crippen molar-refractivity contribution in [3.63, 3.8) is 0 Å². The minimum Gasteiger partial charge on any atom is -0.394 e. The summed E-state index contributed by atoms with van der Waals surface area (Å²) in [5.74, 6) is 0. The highest BCUT2D eigenvalue weighted by molar-refractivity contribution is 7.39. The Morgan fingerprint density at radius 3 is 2.50 bits per heavy atom. The Bertz CT molecular complexity index is 142. The van der Waals surface area contributed by atoms with Crippen LogP contribution in [-0.2, 0) is 9.09 Å². The summed E-state index contributed by atoms with van der Waals surface area (Å²) in [6, 6.07) is 0. The van der Waals surface area contributed by atoms with Gasteiger partial charge in [0.2, 0.25) is 0 Å². The second-order valence-electron chi connectivity index (χ2n) is 2.29. The van der Waals surface area contributed by atoms with Gasteiger partial charge in [-0.1, -0.05) is 0 Å². The van der Waals surface area contributed by atoms with Crippen LogP contribution in [0.4, 0.5) is 0 Å². The van der Waals surface area contributed by atoms with Gasteiger partial charge in [0, 0.05) is 0 Å². The van der Waals surface area contributed by atoms with Crippen molar-refractivity contribution >= 4 is 8.03 Å². The Morgan fingerprint density at radius 1 is 1.50 bits per heavy atom. The van der Waals surface area contributed by atoms with Gasteiger partial charge in [-0.15, -0.1) is 0 Å². The number of hydrogen-bond donors (Lipinski definition) is 4. The minimum absolute atomic E-state index is 0.136. The standard InChI is InChI=1S/C5H14NO5P/c6-5(9)3-12(10)11-2-4(8)1-7/h4-5,7-9,12H,1-3,6H2. The molecule has 3 unspecified atom stereocenters. The van der Waals surface area contributed by atoms with Gasteiger partial charge in [-0.05, 0) is 0 Å². The highest BCUT2D eigenvalue weighted by Gasteiger charge is 2.08. The summed E-state index contributed by atoms with van der Waals surface area (Å²) in [7, 11) is -2.39. The quantitative estimate of drug-likeness (QED) is 0.294. The summed E-state index contributed by atoms with van der Waals surface area (Å²) >= 11 is 0. The second-order valence-corrected chi connectivity index (χ2v) is 3.73. The smallest absolute Gasteiger partial charge is 0.195 e. The van der Waals surface area contributed by atoms with Gasteiger partial charge in [0.05, 0.1) is 19.4 Å². The molecule has 0 aliphatic carbocycles. The third kappa shape index (κ3) is 6.72. The van der Waals surface area contributed by atoms with E-state index in [1.165, 1.54) is 0 Å². The Kier molecular flexibility index (Phi) is 6.55. The zero-order valence-electron chi connectivity index (χ0n) is 6.51. The molecule has 0 aromatic heterocycles. The average molecular weight is 199 g/mol. The SMILES string of the molecule is NC(O)C[PH](=O)OCC(O)CO. The third-order valence-corrected chi connectivity index (χ3v) is 2.26. The Balaban J connectivity index is 3.44. The van der Waals surface area contributed by atoms with Crippen LogP contribution in [-0.4, -0.2) is 47.0 Å². The van der Waals surface area contributed by atoms with Crippen molar-refractivity contribution in [1.82, 2.24) is 0 Å². The van der Waals surface area contributed by atoms with Crippen molar-refractivity contribution < 1.29 is 24.4 Å². The van der Waals surface area contributed by atoms with Crippen molar-refractivity contribution in [2.45, 2.75) is 12.3 Å². The monoisotopic (exact) mass is 199 g/mol. The highest BCUT2D eigenvalue weighted by atomic mass is 31.1. The number of rotatable bonds is 6. The molecule has 0 rings (SSSR count). The molecule has 0 saturated carbocycles. The van der Waals surface area contributed by atoms with E-state index in [0.29, 0.717) is 0 Å². The van der Waals surface area contributed by atoms with Crippen LogP contribution < -0.4 is 5.73 Å². The average Bonchev–Trinajstić information content (AvgIpc) is 1.99. The predicted octanol–water partition coefficient (Wildman–Crippen LogP) is -1.89. The molecule has 3 atom stereocenters. The van der Waals surface area contributed by atoms with Crippen molar-refractivity contribution in [1.29, 1.82) is 0 Å². The molecule has 0 aromatic carbocycles. The van der Waals surface area contributed by atoms with E-state index in [2.05, 4.69) is 4.52 Å². The summed E-state index contributed by atoms with van der Waals surface area (Å²) in [5, 5.41) is 25.6. The van der Waals surface area contributed by atoms with E-state index >= 15 is 0 Å². The molecule has 0 fully saturated rings. The zero-order chi connectivity index (χ0) is 9.56. The molecule has 6 nitrogen and oxygen atoms in total. The lowest BCUT2D eigenvalue weighted by atomic mass is 10.4. The Labute approximate surface area is 70.8 Å². The number of nitrogens with two attached hydrogens (primary N) is 1. The van der Waals surface area contributed by atoms with E-state index < -0.39 is 27.0 Å². The van der Waals surface area contributed by atoms with Gasteiger partial charge in [0.15, 0.2) is 8.03 Å². The number of aliphatic hydroxyl groups excluding tert-OH is 3. The van der Waals surface area contributed by atoms with Crippen LogP contribution in [0, 0.1) is 0 Å². The molecular weight excluding hydrogens is 185 g/mol. The lowest BCUT2D eigenvalue weighted by Crippen LogP contribution is -2.23. The van der Waals surface area contributed by atoms with E-state index in [9.17, 15) is 4.57 Å². The topological polar surface area (TPSA) is 113 Å². The number of aliphatic hydroxyl groups is 3. The maximum Gasteiger partial charge on any atom is 0.195 e. The molecule has 74 valence electrons. The van der Waals surface area contributed by atoms with Crippen LogP contribution in [0.1, 0.15) is 0 Å². The maximum absolute atomic E-state index is 10.8. The summed E-state index contributed by atoms with van der Waals surface area (Å²) in [6.45, 7) is -0.651. The predicted molar refractivity (Wildman–Crippen MR) is 43.1 cm³/mol. The molecule has 0 spiro atoms. The normalized spacial score (nSPS) is 18.7. The fourth-order valence-corrected chi connectivity index (χ4v) is 1.31. The molecule has 0 aliphatic heterocycles. The summed E-state index contributed by atoms with van der Waals surface area (Å²) in [6.07, 6.45) is -2.33. The van der Waals surface area contributed by atoms with Crippen LogP contribution >= 0.6 is 8.03 Å². The first-order valence-corrected chi connectivity index (χ1v) is 4.96. The molecule has 0 aliphatic rings. The molecule has 0 aromatic rings. The molecule has 0 radical (unpaired) electrons. The summed E-state index contributed by atoms with van der Waals surface area (Å²) < 4.78 is 15.4. The van der Waals surface area contributed by atoms with Gasteiger partial charge in [0.1, 0.15) is 12.3 Å². The molecule has 0 bridgehead atoms. The highest BCUT2D eigenvalue weighted by Crippen LogP contribution is 2.21. The van der Waals surface area contributed by atoms with Crippen molar-refractivity contribution in [3.8, 4) is 0 Å². The zero-order valence-corrected chi connectivity index (χ0v) is 7.51. The summed E-state index contributed by atoms with van der Waals surface area (Å²) in [5.41, 5.74) is 4.92. The Hall–Kier alpha value is 0.0300. The molecule has 7 heteroatoms. The van der Waals surface area contributed by atoms with E-state index in [0.717, 1.165) is 0 Å². The Morgan fingerprint density at radius 2 is 2.08 bits per heavy atom.